The minimum Gasteiger partial charge on any atom is -0.494 e. The van der Waals surface area contributed by atoms with Gasteiger partial charge in [0.15, 0.2) is 5.78 Å². The van der Waals surface area contributed by atoms with Gasteiger partial charge < -0.3 is 9.47 Å². The molecule has 0 saturated heterocycles. The van der Waals surface area contributed by atoms with E-state index < -0.39 is 5.97 Å². The SMILES string of the molecule is C=CC(=O)OCCCCOc1ccc(C(=O)CCCC)cc1. The van der Waals surface area contributed by atoms with Crippen LogP contribution in [0.15, 0.2) is 36.9 Å². The van der Waals surface area contributed by atoms with Gasteiger partial charge in [-0.1, -0.05) is 19.9 Å². The Labute approximate surface area is 132 Å². The first-order chi connectivity index (χ1) is 10.7. The van der Waals surface area contributed by atoms with Crippen molar-refractivity contribution in [3.63, 3.8) is 0 Å². The van der Waals surface area contributed by atoms with Gasteiger partial charge in [-0.05, 0) is 43.5 Å². The lowest BCUT2D eigenvalue weighted by atomic mass is 10.1. The standard InChI is InChI=1S/C18H24O4/c1-3-5-8-17(19)15-9-11-16(12-10-15)21-13-6-7-14-22-18(20)4-2/h4,9-12H,2-3,5-8,13-14H2,1H3. The third-order valence-electron chi connectivity index (χ3n) is 3.15. The Kier molecular flexibility index (Phi) is 8.65. The molecule has 0 heterocycles. The molecule has 1 aromatic carbocycles. The zero-order valence-corrected chi connectivity index (χ0v) is 13.2. The van der Waals surface area contributed by atoms with Crippen molar-refractivity contribution in [2.45, 2.75) is 39.0 Å². The molecule has 0 spiro atoms. The number of carbonyl (C=O) groups is 2. The highest BCUT2D eigenvalue weighted by Gasteiger charge is 2.05. The molecule has 0 bridgehead atoms. The molecular weight excluding hydrogens is 280 g/mol. The van der Waals surface area contributed by atoms with Gasteiger partial charge in [-0.3, -0.25) is 4.79 Å². The summed E-state index contributed by atoms with van der Waals surface area (Å²) in [4.78, 5) is 22.7. The van der Waals surface area contributed by atoms with Crippen molar-refractivity contribution < 1.29 is 19.1 Å². The fourth-order valence-electron chi connectivity index (χ4n) is 1.84. The highest BCUT2D eigenvalue weighted by Crippen LogP contribution is 2.14. The molecule has 0 unspecified atom stereocenters. The first-order valence-corrected chi connectivity index (χ1v) is 7.72. The van der Waals surface area contributed by atoms with Crippen LogP contribution in [-0.2, 0) is 9.53 Å². The fourth-order valence-corrected chi connectivity index (χ4v) is 1.84. The number of unbranched alkanes of at least 4 members (excludes halogenated alkanes) is 2. The van der Waals surface area contributed by atoms with Crippen molar-refractivity contribution in [2.75, 3.05) is 13.2 Å². The molecule has 0 atom stereocenters. The van der Waals surface area contributed by atoms with Gasteiger partial charge in [0.05, 0.1) is 13.2 Å². The van der Waals surface area contributed by atoms with Gasteiger partial charge in [-0.2, -0.15) is 0 Å². The highest BCUT2D eigenvalue weighted by atomic mass is 16.5. The molecule has 4 nitrogen and oxygen atoms in total. The van der Waals surface area contributed by atoms with Crippen molar-refractivity contribution in [3.8, 4) is 5.75 Å². The van der Waals surface area contributed by atoms with Crippen LogP contribution in [0.3, 0.4) is 0 Å². The monoisotopic (exact) mass is 304 g/mol. The molecule has 1 aromatic rings. The lowest BCUT2D eigenvalue weighted by Crippen LogP contribution is -2.04. The molecule has 0 aliphatic carbocycles. The van der Waals surface area contributed by atoms with Crippen molar-refractivity contribution in [1.29, 1.82) is 0 Å². The maximum absolute atomic E-state index is 11.8. The number of ether oxygens (including phenoxy) is 2. The lowest BCUT2D eigenvalue weighted by molar-refractivity contribution is -0.137. The van der Waals surface area contributed by atoms with Gasteiger partial charge in [-0.15, -0.1) is 0 Å². The van der Waals surface area contributed by atoms with Crippen LogP contribution in [0, 0.1) is 0 Å². The zero-order valence-electron chi connectivity index (χ0n) is 13.2. The summed E-state index contributed by atoms with van der Waals surface area (Å²) in [6.07, 6.45) is 5.23. The second-order valence-electron chi connectivity index (χ2n) is 4.98. The molecule has 22 heavy (non-hydrogen) atoms. The molecule has 0 fully saturated rings. The minimum atomic E-state index is -0.399. The lowest BCUT2D eigenvalue weighted by Gasteiger charge is -2.07. The summed E-state index contributed by atoms with van der Waals surface area (Å²) in [5.74, 6) is 0.525. The topological polar surface area (TPSA) is 52.6 Å². The van der Waals surface area contributed by atoms with Gasteiger partial charge in [0.25, 0.3) is 0 Å². The number of esters is 1. The number of carbonyl (C=O) groups excluding carboxylic acids is 2. The van der Waals surface area contributed by atoms with Crippen LogP contribution in [0.4, 0.5) is 0 Å². The Balaban J connectivity index is 2.23. The third-order valence-corrected chi connectivity index (χ3v) is 3.15. The number of benzene rings is 1. The number of hydrogen-bond donors (Lipinski definition) is 0. The Hall–Kier alpha value is -2.10. The summed E-state index contributed by atoms with van der Waals surface area (Å²) >= 11 is 0. The van der Waals surface area contributed by atoms with Crippen LogP contribution in [0.5, 0.6) is 5.75 Å². The summed E-state index contributed by atoms with van der Waals surface area (Å²) in [7, 11) is 0. The first-order valence-electron chi connectivity index (χ1n) is 7.72. The van der Waals surface area contributed by atoms with E-state index >= 15 is 0 Å². The quantitative estimate of drug-likeness (QED) is 0.269. The van der Waals surface area contributed by atoms with Gasteiger partial charge in [0.1, 0.15) is 5.75 Å². The largest absolute Gasteiger partial charge is 0.494 e. The maximum Gasteiger partial charge on any atom is 0.330 e. The predicted molar refractivity (Wildman–Crippen MR) is 86.2 cm³/mol. The number of hydrogen-bond acceptors (Lipinski definition) is 4. The summed E-state index contributed by atoms with van der Waals surface area (Å²) in [5.41, 5.74) is 0.733. The molecule has 120 valence electrons. The van der Waals surface area contributed by atoms with E-state index in [0.29, 0.717) is 19.6 Å². The van der Waals surface area contributed by atoms with Crippen LogP contribution in [0.1, 0.15) is 49.4 Å². The third kappa shape index (κ3) is 7.07. The second-order valence-corrected chi connectivity index (χ2v) is 4.98. The summed E-state index contributed by atoms with van der Waals surface area (Å²) in [6, 6.07) is 7.24. The fraction of sp³-hybridized carbons (Fsp3) is 0.444. The van der Waals surface area contributed by atoms with E-state index in [0.717, 1.165) is 43.1 Å². The Bertz CT molecular complexity index is 476. The van der Waals surface area contributed by atoms with Gasteiger partial charge in [-0.25, -0.2) is 4.79 Å². The van der Waals surface area contributed by atoms with E-state index in [1.165, 1.54) is 0 Å². The van der Waals surface area contributed by atoms with Crippen LogP contribution >= 0.6 is 0 Å². The van der Waals surface area contributed by atoms with E-state index in [4.69, 9.17) is 9.47 Å². The molecule has 0 saturated carbocycles. The first kappa shape index (κ1) is 18.0. The minimum absolute atomic E-state index is 0.178. The van der Waals surface area contributed by atoms with Crippen molar-refractivity contribution in [2.24, 2.45) is 0 Å². The number of ketones is 1. The van der Waals surface area contributed by atoms with E-state index in [9.17, 15) is 9.59 Å². The molecular formula is C18H24O4. The molecule has 0 radical (unpaired) electrons. The van der Waals surface area contributed by atoms with E-state index in [2.05, 4.69) is 13.5 Å². The van der Waals surface area contributed by atoms with Crippen molar-refractivity contribution in [1.82, 2.24) is 0 Å². The van der Waals surface area contributed by atoms with Crippen molar-refractivity contribution in [3.05, 3.63) is 42.5 Å². The van der Waals surface area contributed by atoms with Crippen LogP contribution in [0.25, 0.3) is 0 Å². The second kappa shape index (κ2) is 10.6. The Morgan fingerprint density at radius 2 is 1.77 bits per heavy atom. The van der Waals surface area contributed by atoms with Crippen molar-refractivity contribution >= 4 is 11.8 Å². The summed E-state index contributed by atoms with van der Waals surface area (Å²) in [6.45, 7) is 6.32. The summed E-state index contributed by atoms with van der Waals surface area (Å²) in [5, 5.41) is 0. The smallest absolute Gasteiger partial charge is 0.330 e. The maximum atomic E-state index is 11.8. The van der Waals surface area contributed by atoms with Crippen LogP contribution < -0.4 is 4.74 Å². The average molecular weight is 304 g/mol. The molecule has 0 aliphatic heterocycles. The molecule has 4 heteroatoms. The number of Topliss-reactive ketones (excluding diaryl/α,β-unsaturated/α-hetero) is 1. The molecule has 0 aromatic heterocycles. The van der Waals surface area contributed by atoms with E-state index in [1.54, 1.807) is 12.1 Å². The normalized spacial score (nSPS) is 10.0. The summed E-state index contributed by atoms with van der Waals surface area (Å²) < 4.78 is 10.5. The van der Waals surface area contributed by atoms with Gasteiger partial charge in [0.2, 0.25) is 0 Å². The highest BCUT2D eigenvalue weighted by molar-refractivity contribution is 5.96. The molecule has 0 amide bonds. The van der Waals surface area contributed by atoms with Crippen LogP contribution in [-0.4, -0.2) is 25.0 Å². The Morgan fingerprint density at radius 3 is 2.41 bits per heavy atom. The average Bonchev–Trinajstić information content (AvgIpc) is 2.56. The molecule has 0 aliphatic rings. The van der Waals surface area contributed by atoms with Crippen LogP contribution in [0.2, 0.25) is 0 Å². The van der Waals surface area contributed by atoms with E-state index in [1.807, 2.05) is 12.1 Å². The molecule has 0 N–H and O–H groups in total. The Morgan fingerprint density at radius 1 is 1.09 bits per heavy atom. The number of rotatable bonds is 11. The molecule has 1 rings (SSSR count). The van der Waals surface area contributed by atoms with E-state index in [-0.39, 0.29) is 5.78 Å². The van der Waals surface area contributed by atoms with Gasteiger partial charge >= 0.3 is 5.97 Å². The predicted octanol–water partition coefficient (Wildman–Crippen LogP) is 3.95. The van der Waals surface area contributed by atoms with Gasteiger partial charge in [0, 0.05) is 18.1 Å². The zero-order chi connectivity index (χ0) is 16.2.